The lowest BCUT2D eigenvalue weighted by Gasteiger charge is -2.30. The topological polar surface area (TPSA) is 79.1 Å². The summed E-state index contributed by atoms with van der Waals surface area (Å²) in [5.74, 6) is 0.820. The van der Waals surface area contributed by atoms with Crippen molar-refractivity contribution in [1.29, 1.82) is 5.26 Å². The zero-order valence-electron chi connectivity index (χ0n) is 18.9. The van der Waals surface area contributed by atoms with Gasteiger partial charge < -0.3 is 19.9 Å². The van der Waals surface area contributed by atoms with Crippen LogP contribution in [0.1, 0.15) is 58.1 Å². The molecule has 2 amide bonds. The first-order chi connectivity index (χ1) is 15.5. The predicted molar refractivity (Wildman–Crippen MR) is 128 cm³/mol. The summed E-state index contributed by atoms with van der Waals surface area (Å²) in [5.41, 5.74) is 4.36. The number of ether oxygens (including phenoxy) is 1. The molecule has 1 aromatic heterocycles. The van der Waals surface area contributed by atoms with Crippen LogP contribution in [-0.2, 0) is 0 Å². The molecule has 1 fully saturated rings. The highest BCUT2D eigenvalue weighted by atomic mass is 16.5. The summed E-state index contributed by atoms with van der Waals surface area (Å²) in [5, 5.41) is 16.8. The summed E-state index contributed by atoms with van der Waals surface area (Å²) >= 11 is 0. The molecule has 6 heteroatoms. The Bertz CT molecular complexity index is 1150. The molecule has 0 radical (unpaired) electrons. The Morgan fingerprint density at radius 1 is 1.22 bits per heavy atom. The summed E-state index contributed by atoms with van der Waals surface area (Å²) in [4.78, 5) is 12.1. The predicted octanol–water partition coefficient (Wildman–Crippen LogP) is 6.22. The van der Waals surface area contributed by atoms with E-state index in [2.05, 4.69) is 27.3 Å². The Balaban J connectivity index is 1.73. The first-order valence-electron chi connectivity index (χ1n) is 11.4. The Morgan fingerprint density at radius 3 is 2.56 bits per heavy atom. The highest BCUT2D eigenvalue weighted by Gasteiger charge is 2.28. The van der Waals surface area contributed by atoms with Crippen molar-refractivity contribution in [1.82, 2.24) is 9.88 Å². The van der Waals surface area contributed by atoms with E-state index in [1.807, 2.05) is 57.2 Å². The summed E-state index contributed by atoms with van der Waals surface area (Å²) in [6.45, 7) is 6.58. The van der Waals surface area contributed by atoms with Crippen molar-refractivity contribution in [2.75, 3.05) is 11.9 Å². The van der Waals surface area contributed by atoms with E-state index in [-0.39, 0.29) is 12.1 Å². The van der Waals surface area contributed by atoms with Crippen molar-refractivity contribution in [3.05, 3.63) is 48.0 Å². The number of nitrogens with zero attached hydrogens (tertiary/aromatic N) is 2. The molecule has 166 valence electrons. The van der Waals surface area contributed by atoms with Crippen LogP contribution in [0.3, 0.4) is 0 Å². The molecular formula is C26H30N4O2. The van der Waals surface area contributed by atoms with Gasteiger partial charge in [0.2, 0.25) is 0 Å². The molecule has 2 aromatic carbocycles. The molecule has 2 N–H and O–H groups in total. The van der Waals surface area contributed by atoms with Gasteiger partial charge in [-0.05, 0) is 69.4 Å². The second kappa shape index (κ2) is 9.35. The number of hydrogen-bond acceptors (Lipinski definition) is 3. The van der Waals surface area contributed by atoms with E-state index in [0.717, 1.165) is 52.9 Å². The van der Waals surface area contributed by atoms with Gasteiger partial charge in [0.25, 0.3) is 0 Å². The monoisotopic (exact) mass is 430 g/mol. The minimum atomic E-state index is -0.211. The van der Waals surface area contributed by atoms with Crippen molar-refractivity contribution >= 4 is 22.6 Å². The van der Waals surface area contributed by atoms with Crippen molar-refractivity contribution in [3.8, 4) is 23.1 Å². The average Bonchev–Trinajstić information content (AvgIpc) is 3.06. The van der Waals surface area contributed by atoms with Crippen LogP contribution in [0, 0.1) is 11.3 Å². The summed E-state index contributed by atoms with van der Waals surface area (Å²) in [6.07, 6.45) is 4.29. The molecule has 0 saturated heterocycles. The number of urea groups is 1. The highest BCUT2D eigenvalue weighted by molar-refractivity contribution is 5.96. The molecule has 1 atom stereocenters. The third kappa shape index (κ3) is 4.16. The standard InChI is InChI=1S/C26H30N4O2/c1-4-17(3)28-26(31)29-19-11-9-18(10-12-19)25-23(16-27)22-14-13-21(32-5-2)15-24(22)30(25)20-7-6-8-20/h9-15,17,20H,4-8H2,1-3H3,(H2,28,29,31). The van der Waals surface area contributed by atoms with Gasteiger partial charge in [-0.2, -0.15) is 5.26 Å². The third-order valence-electron chi connectivity index (χ3n) is 6.24. The van der Waals surface area contributed by atoms with E-state index in [4.69, 9.17) is 4.74 Å². The van der Waals surface area contributed by atoms with E-state index in [9.17, 15) is 10.1 Å². The second-order valence-electron chi connectivity index (χ2n) is 8.39. The van der Waals surface area contributed by atoms with E-state index in [1.54, 1.807) is 0 Å². The zero-order chi connectivity index (χ0) is 22.7. The van der Waals surface area contributed by atoms with Crippen LogP contribution < -0.4 is 15.4 Å². The normalized spacial score (nSPS) is 14.4. The number of benzene rings is 2. The summed E-state index contributed by atoms with van der Waals surface area (Å²) in [6, 6.07) is 16.4. The fourth-order valence-electron chi connectivity index (χ4n) is 4.17. The van der Waals surface area contributed by atoms with Gasteiger partial charge in [0.05, 0.1) is 23.4 Å². The Labute approximate surface area is 189 Å². The number of rotatable bonds is 7. The number of carbonyl (C=O) groups is 1. The lowest BCUT2D eigenvalue weighted by atomic mass is 9.92. The van der Waals surface area contributed by atoms with Gasteiger partial charge in [-0.25, -0.2) is 4.79 Å². The minimum absolute atomic E-state index is 0.118. The van der Waals surface area contributed by atoms with Crippen LogP contribution in [0.15, 0.2) is 42.5 Å². The van der Waals surface area contributed by atoms with Crippen LogP contribution in [0.4, 0.5) is 10.5 Å². The number of anilines is 1. The molecule has 4 rings (SSSR count). The summed E-state index contributed by atoms with van der Waals surface area (Å²) < 4.78 is 8.05. The number of aromatic nitrogens is 1. The average molecular weight is 431 g/mol. The number of carbonyl (C=O) groups excluding carboxylic acids is 1. The molecule has 3 aromatic rings. The Kier molecular flexibility index (Phi) is 6.36. The van der Waals surface area contributed by atoms with Crippen molar-refractivity contribution in [2.45, 2.75) is 58.5 Å². The number of amides is 2. The fraction of sp³-hybridized carbons (Fsp3) is 0.385. The fourth-order valence-corrected chi connectivity index (χ4v) is 4.17. The van der Waals surface area contributed by atoms with Crippen LogP contribution in [0.25, 0.3) is 22.2 Å². The molecule has 0 bridgehead atoms. The molecule has 6 nitrogen and oxygen atoms in total. The van der Waals surface area contributed by atoms with Crippen LogP contribution >= 0.6 is 0 Å². The molecule has 32 heavy (non-hydrogen) atoms. The molecule has 1 aliphatic rings. The number of hydrogen-bond donors (Lipinski definition) is 2. The van der Waals surface area contributed by atoms with Gasteiger partial charge in [-0.3, -0.25) is 0 Å². The Morgan fingerprint density at radius 2 is 1.97 bits per heavy atom. The van der Waals surface area contributed by atoms with Gasteiger partial charge in [-0.1, -0.05) is 19.1 Å². The van der Waals surface area contributed by atoms with Crippen LogP contribution in [0.5, 0.6) is 5.75 Å². The zero-order valence-corrected chi connectivity index (χ0v) is 18.9. The SMILES string of the molecule is CCOc1ccc2c(C#N)c(-c3ccc(NC(=O)NC(C)CC)cc3)n(C3CCC3)c2c1. The van der Waals surface area contributed by atoms with E-state index < -0.39 is 0 Å². The maximum Gasteiger partial charge on any atom is 0.319 e. The van der Waals surface area contributed by atoms with Crippen LogP contribution in [0.2, 0.25) is 0 Å². The maximum absolute atomic E-state index is 12.1. The van der Waals surface area contributed by atoms with E-state index >= 15 is 0 Å². The molecule has 0 spiro atoms. The van der Waals surface area contributed by atoms with Gasteiger partial charge in [0.1, 0.15) is 11.8 Å². The second-order valence-corrected chi connectivity index (χ2v) is 8.39. The molecular weight excluding hydrogens is 400 g/mol. The molecule has 1 heterocycles. The molecule has 1 saturated carbocycles. The van der Waals surface area contributed by atoms with E-state index in [0.29, 0.717) is 18.2 Å². The first kappa shape index (κ1) is 21.8. The van der Waals surface area contributed by atoms with Crippen LogP contribution in [-0.4, -0.2) is 23.2 Å². The third-order valence-corrected chi connectivity index (χ3v) is 6.24. The maximum atomic E-state index is 12.1. The molecule has 1 unspecified atom stereocenters. The lowest BCUT2D eigenvalue weighted by molar-refractivity contribution is 0.249. The number of nitriles is 1. The van der Waals surface area contributed by atoms with E-state index in [1.165, 1.54) is 6.42 Å². The minimum Gasteiger partial charge on any atom is -0.494 e. The number of nitrogens with one attached hydrogen (secondary N) is 2. The molecule has 0 aliphatic heterocycles. The smallest absolute Gasteiger partial charge is 0.319 e. The van der Waals surface area contributed by atoms with Gasteiger partial charge in [0.15, 0.2) is 0 Å². The van der Waals surface area contributed by atoms with Gasteiger partial charge in [0, 0.05) is 29.2 Å². The molecule has 1 aliphatic carbocycles. The lowest BCUT2D eigenvalue weighted by Crippen LogP contribution is -2.35. The quantitative estimate of drug-likeness (QED) is 0.467. The first-order valence-corrected chi connectivity index (χ1v) is 11.4. The van der Waals surface area contributed by atoms with Crippen molar-refractivity contribution in [2.24, 2.45) is 0 Å². The van der Waals surface area contributed by atoms with Crippen molar-refractivity contribution < 1.29 is 9.53 Å². The van der Waals surface area contributed by atoms with Gasteiger partial charge >= 0.3 is 6.03 Å². The number of fused-ring (bicyclic) bond motifs is 1. The van der Waals surface area contributed by atoms with Crippen molar-refractivity contribution in [3.63, 3.8) is 0 Å². The highest BCUT2D eigenvalue weighted by Crippen LogP contribution is 2.43. The summed E-state index contributed by atoms with van der Waals surface area (Å²) in [7, 11) is 0. The largest absolute Gasteiger partial charge is 0.494 e. The van der Waals surface area contributed by atoms with Gasteiger partial charge in [-0.15, -0.1) is 0 Å². The Hall–Kier alpha value is -3.46.